The van der Waals surface area contributed by atoms with Crippen LogP contribution in [0.1, 0.15) is 42.6 Å². The number of nitrogens with zero attached hydrogens (tertiary/aromatic N) is 3. The molecule has 0 radical (unpaired) electrons. The van der Waals surface area contributed by atoms with Gasteiger partial charge in [0.25, 0.3) is 0 Å². The lowest BCUT2D eigenvalue weighted by Gasteiger charge is -2.21. The van der Waals surface area contributed by atoms with Gasteiger partial charge in [-0.1, -0.05) is 17.7 Å². The van der Waals surface area contributed by atoms with Crippen LogP contribution < -0.4 is 15.7 Å². The maximum atomic E-state index is 12.6. The average molecular weight is 344 g/mol. The second-order valence-corrected chi connectivity index (χ2v) is 6.77. The van der Waals surface area contributed by atoms with Crippen molar-refractivity contribution in [2.75, 3.05) is 19.7 Å². The van der Waals surface area contributed by atoms with Crippen LogP contribution in [0.5, 0.6) is 5.75 Å². The molecule has 0 bridgehead atoms. The fourth-order valence-corrected chi connectivity index (χ4v) is 3.48. The van der Waals surface area contributed by atoms with Crippen LogP contribution in [0.15, 0.2) is 23.0 Å². The van der Waals surface area contributed by atoms with Gasteiger partial charge in [0.1, 0.15) is 18.2 Å². The van der Waals surface area contributed by atoms with Crippen LogP contribution in [0.25, 0.3) is 0 Å². The van der Waals surface area contributed by atoms with Gasteiger partial charge >= 0.3 is 5.69 Å². The van der Waals surface area contributed by atoms with Crippen molar-refractivity contribution in [1.82, 2.24) is 19.7 Å². The summed E-state index contributed by atoms with van der Waals surface area (Å²) in [4.78, 5) is 12.6. The van der Waals surface area contributed by atoms with E-state index in [0.29, 0.717) is 25.6 Å². The fourth-order valence-electron chi connectivity index (χ4n) is 3.48. The number of piperidine rings is 1. The second-order valence-electron chi connectivity index (χ2n) is 6.77. The van der Waals surface area contributed by atoms with Crippen molar-refractivity contribution >= 4 is 0 Å². The van der Waals surface area contributed by atoms with Crippen molar-refractivity contribution in [3.05, 3.63) is 45.6 Å². The van der Waals surface area contributed by atoms with E-state index in [9.17, 15) is 4.79 Å². The predicted molar refractivity (Wildman–Crippen MR) is 98.4 cm³/mol. The van der Waals surface area contributed by atoms with E-state index < -0.39 is 0 Å². The van der Waals surface area contributed by atoms with Crippen molar-refractivity contribution in [3.63, 3.8) is 0 Å². The molecule has 1 saturated heterocycles. The van der Waals surface area contributed by atoms with E-state index in [0.717, 1.165) is 43.1 Å². The Hall–Kier alpha value is -2.08. The van der Waals surface area contributed by atoms with Gasteiger partial charge in [0, 0.05) is 19.0 Å². The highest BCUT2D eigenvalue weighted by atomic mass is 16.5. The first-order valence-corrected chi connectivity index (χ1v) is 9.18. The van der Waals surface area contributed by atoms with E-state index in [4.69, 9.17) is 4.74 Å². The van der Waals surface area contributed by atoms with Gasteiger partial charge in [-0.05, 0) is 51.8 Å². The number of benzene rings is 1. The number of ether oxygens (including phenoxy) is 1. The lowest BCUT2D eigenvalue weighted by Crippen LogP contribution is -2.31. The standard InChI is InChI=1S/C19H28N4O2/c1-4-22-18(16-6-5-9-20-13-16)21-23(19(22)24)10-11-25-17-8-7-14(2)12-15(17)3/h7-8,12,16,20H,4-6,9-11,13H2,1-3H3. The summed E-state index contributed by atoms with van der Waals surface area (Å²) < 4.78 is 9.21. The third kappa shape index (κ3) is 3.95. The molecule has 1 N–H and O–H groups in total. The number of aryl methyl sites for hydroxylation is 2. The Balaban J connectivity index is 1.70. The predicted octanol–water partition coefficient (Wildman–Crippen LogP) is 2.23. The quantitative estimate of drug-likeness (QED) is 0.873. The Labute approximate surface area is 148 Å². The summed E-state index contributed by atoms with van der Waals surface area (Å²) >= 11 is 0. The molecule has 1 unspecified atom stereocenters. The number of aromatic nitrogens is 3. The van der Waals surface area contributed by atoms with E-state index in [1.165, 1.54) is 5.56 Å². The third-order valence-corrected chi connectivity index (χ3v) is 4.82. The van der Waals surface area contributed by atoms with Gasteiger partial charge in [0.15, 0.2) is 0 Å². The summed E-state index contributed by atoms with van der Waals surface area (Å²) in [5.74, 6) is 2.10. The minimum absolute atomic E-state index is 0.0349. The fraction of sp³-hybridized carbons (Fsp3) is 0.579. The first kappa shape index (κ1) is 17.7. The molecule has 2 aromatic rings. The van der Waals surface area contributed by atoms with Gasteiger partial charge in [-0.25, -0.2) is 9.48 Å². The second kappa shape index (κ2) is 7.87. The third-order valence-electron chi connectivity index (χ3n) is 4.82. The van der Waals surface area contributed by atoms with Crippen LogP contribution in [0, 0.1) is 13.8 Å². The van der Waals surface area contributed by atoms with Crippen molar-refractivity contribution in [1.29, 1.82) is 0 Å². The summed E-state index contributed by atoms with van der Waals surface area (Å²) in [5.41, 5.74) is 2.29. The molecule has 0 spiro atoms. The molecule has 1 aromatic carbocycles. The monoisotopic (exact) mass is 344 g/mol. The van der Waals surface area contributed by atoms with E-state index in [1.54, 1.807) is 9.25 Å². The number of hydrogen-bond donors (Lipinski definition) is 1. The molecule has 6 heteroatoms. The molecule has 0 aliphatic carbocycles. The van der Waals surface area contributed by atoms with Gasteiger partial charge < -0.3 is 10.1 Å². The molecule has 1 aliphatic heterocycles. The highest BCUT2D eigenvalue weighted by Gasteiger charge is 2.23. The molecule has 6 nitrogen and oxygen atoms in total. The molecule has 3 rings (SSSR count). The minimum atomic E-state index is -0.0349. The minimum Gasteiger partial charge on any atom is -0.491 e. The lowest BCUT2D eigenvalue weighted by atomic mass is 9.99. The molecule has 2 heterocycles. The Morgan fingerprint density at radius 2 is 2.20 bits per heavy atom. The van der Waals surface area contributed by atoms with Crippen LogP contribution in [-0.4, -0.2) is 34.0 Å². The van der Waals surface area contributed by atoms with Gasteiger partial charge in [-0.15, -0.1) is 0 Å². The molecule has 1 aliphatic rings. The maximum Gasteiger partial charge on any atom is 0.346 e. The SMILES string of the molecule is CCn1c(C2CCCNC2)nn(CCOc2ccc(C)cc2C)c1=O. The Bertz CT molecular complexity index is 772. The number of hydrogen-bond acceptors (Lipinski definition) is 4. The zero-order chi connectivity index (χ0) is 17.8. The van der Waals surface area contributed by atoms with Crippen LogP contribution in [0.3, 0.4) is 0 Å². The van der Waals surface area contributed by atoms with Gasteiger partial charge in [0.05, 0.1) is 6.54 Å². The maximum absolute atomic E-state index is 12.6. The summed E-state index contributed by atoms with van der Waals surface area (Å²) in [6, 6.07) is 6.12. The van der Waals surface area contributed by atoms with Gasteiger partial charge in [-0.2, -0.15) is 5.10 Å². The van der Waals surface area contributed by atoms with Crippen LogP contribution >= 0.6 is 0 Å². The van der Waals surface area contributed by atoms with Crippen LogP contribution in [0.2, 0.25) is 0 Å². The molecule has 1 aromatic heterocycles. The topological polar surface area (TPSA) is 61.1 Å². The molecule has 25 heavy (non-hydrogen) atoms. The molecular weight excluding hydrogens is 316 g/mol. The summed E-state index contributed by atoms with van der Waals surface area (Å²) in [6.07, 6.45) is 2.22. The van der Waals surface area contributed by atoms with E-state index >= 15 is 0 Å². The zero-order valence-corrected chi connectivity index (χ0v) is 15.4. The van der Waals surface area contributed by atoms with Crippen LogP contribution in [0.4, 0.5) is 0 Å². The molecular formula is C19H28N4O2. The average Bonchev–Trinajstić information content (AvgIpc) is 2.93. The van der Waals surface area contributed by atoms with E-state index in [2.05, 4.69) is 23.4 Å². The number of nitrogens with one attached hydrogen (secondary N) is 1. The largest absolute Gasteiger partial charge is 0.491 e. The first-order chi connectivity index (χ1) is 12.1. The lowest BCUT2D eigenvalue weighted by molar-refractivity contribution is 0.286. The number of rotatable bonds is 6. The van der Waals surface area contributed by atoms with Crippen molar-refractivity contribution in [2.45, 2.75) is 52.6 Å². The molecule has 136 valence electrons. The van der Waals surface area contributed by atoms with Gasteiger partial charge in [-0.3, -0.25) is 4.57 Å². The summed E-state index contributed by atoms with van der Waals surface area (Å²) in [6.45, 7) is 9.61. The van der Waals surface area contributed by atoms with Crippen molar-refractivity contribution < 1.29 is 4.74 Å². The van der Waals surface area contributed by atoms with Gasteiger partial charge in [0.2, 0.25) is 0 Å². The normalized spacial score (nSPS) is 17.6. The van der Waals surface area contributed by atoms with Crippen molar-refractivity contribution in [2.24, 2.45) is 0 Å². The summed E-state index contributed by atoms with van der Waals surface area (Å²) in [5, 5.41) is 8.02. The Morgan fingerprint density at radius 3 is 2.88 bits per heavy atom. The Kier molecular flexibility index (Phi) is 5.58. The highest BCUT2D eigenvalue weighted by Crippen LogP contribution is 2.21. The molecule has 1 fully saturated rings. The first-order valence-electron chi connectivity index (χ1n) is 9.18. The molecule has 0 amide bonds. The van der Waals surface area contributed by atoms with Crippen LogP contribution in [-0.2, 0) is 13.1 Å². The smallest absolute Gasteiger partial charge is 0.346 e. The summed E-state index contributed by atoms with van der Waals surface area (Å²) in [7, 11) is 0. The highest BCUT2D eigenvalue weighted by molar-refractivity contribution is 5.35. The zero-order valence-electron chi connectivity index (χ0n) is 15.4. The van der Waals surface area contributed by atoms with Crippen molar-refractivity contribution in [3.8, 4) is 5.75 Å². The Morgan fingerprint density at radius 1 is 1.36 bits per heavy atom. The van der Waals surface area contributed by atoms with E-state index in [-0.39, 0.29) is 5.69 Å². The molecule has 0 saturated carbocycles. The molecule has 1 atom stereocenters. The van der Waals surface area contributed by atoms with E-state index in [1.807, 2.05) is 26.0 Å².